The minimum absolute atomic E-state index is 0.0986. The molecular weight excluding hydrogens is 504 g/mol. The van der Waals surface area contributed by atoms with Crippen LogP contribution >= 0.6 is 0 Å². The van der Waals surface area contributed by atoms with E-state index in [1.165, 1.54) is 11.1 Å². The van der Waals surface area contributed by atoms with Crippen molar-refractivity contribution in [3.8, 4) is 11.1 Å². The average Bonchev–Trinajstić information content (AvgIpc) is 3.29. The van der Waals surface area contributed by atoms with Gasteiger partial charge in [0.15, 0.2) is 5.78 Å². The fourth-order valence-electron chi connectivity index (χ4n) is 5.48. The minimum Gasteiger partial charge on any atom is -0.464 e. The first-order chi connectivity index (χ1) is 19.5. The highest BCUT2D eigenvalue weighted by atomic mass is 16.5. The van der Waals surface area contributed by atoms with E-state index in [1.807, 2.05) is 37.2 Å². The number of hydrogen-bond donors (Lipinski definition) is 0. The highest BCUT2D eigenvalue weighted by Gasteiger charge is 2.45. The van der Waals surface area contributed by atoms with Crippen LogP contribution < -0.4 is 0 Å². The summed E-state index contributed by atoms with van der Waals surface area (Å²) in [7, 11) is 3.91. The smallest absolute Gasteiger partial charge is 0.305 e. The summed E-state index contributed by atoms with van der Waals surface area (Å²) in [5, 5.41) is 0. The Bertz CT molecular complexity index is 1080. The zero-order chi connectivity index (χ0) is 28.2. The van der Waals surface area contributed by atoms with Crippen molar-refractivity contribution in [3.05, 3.63) is 72.3 Å². The zero-order valence-electron chi connectivity index (χ0n) is 24.0. The van der Waals surface area contributed by atoms with Crippen molar-refractivity contribution in [1.29, 1.82) is 0 Å². The molecule has 0 aromatic heterocycles. The van der Waals surface area contributed by atoms with Crippen LogP contribution in [0.2, 0.25) is 0 Å². The minimum atomic E-state index is -0.144. The van der Waals surface area contributed by atoms with Crippen molar-refractivity contribution in [2.45, 2.75) is 50.9 Å². The van der Waals surface area contributed by atoms with Crippen LogP contribution in [0.3, 0.4) is 0 Å². The maximum atomic E-state index is 13.2. The van der Waals surface area contributed by atoms with Gasteiger partial charge in [-0.25, -0.2) is 0 Å². The second-order valence-corrected chi connectivity index (χ2v) is 11.0. The molecule has 2 fully saturated rings. The van der Waals surface area contributed by atoms with E-state index in [0.29, 0.717) is 39.3 Å². The van der Waals surface area contributed by atoms with Crippen LogP contribution in [0.4, 0.5) is 0 Å². The standard InChI is InChI=1S/C33H44N2O5/c1-34(2)18-23-39-32(37)13-9-4-3-8-12-29-31(24-30(36)33(29)35-19-21-38-22-20-35)40-25-26-14-16-28(17-15-26)27-10-6-5-7-11-27/h3,5-8,10-11,14-17,29,31,33H,4,9,12-13,18-25H2,1-2H3/b8-3-/t29?,31-,33+/m0/s1. The van der Waals surface area contributed by atoms with Gasteiger partial charge in [0.1, 0.15) is 6.61 Å². The molecule has 1 aliphatic heterocycles. The van der Waals surface area contributed by atoms with Crippen molar-refractivity contribution in [3.63, 3.8) is 0 Å². The largest absolute Gasteiger partial charge is 0.464 e. The van der Waals surface area contributed by atoms with Crippen LogP contribution in [0, 0.1) is 5.92 Å². The fourth-order valence-corrected chi connectivity index (χ4v) is 5.48. The topological polar surface area (TPSA) is 68.3 Å². The maximum Gasteiger partial charge on any atom is 0.305 e. The normalized spacial score (nSPS) is 21.9. The number of nitrogens with zero attached hydrogens (tertiary/aromatic N) is 2. The molecule has 40 heavy (non-hydrogen) atoms. The molecule has 1 aliphatic carbocycles. The Morgan fingerprint density at radius 2 is 1.75 bits per heavy atom. The van der Waals surface area contributed by atoms with Crippen LogP contribution in [0.15, 0.2) is 66.7 Å². The number of carbonyl (C=O) groups excluding carboxylic acids is 2. The van der Waals surface area contributed by atoms with Gasteiger partial charge in [-0.2, -0.15) is 0 Å². The Kier molecular flexibility index (Phi) is 11.9. The number of benzene rings is 2. The highest BCUT2D eigenvalue weighted by molar-refractivity contribution is 5.87. The molecule has 3 atom stereocenters. The van der Waals surface area contributed by atoms with Crippen LogP contribution in [-0.2, 0) is 30.4 Å². The van der Waals surface area contributed by atoms with E-state index in [2.05, 4.69) is 53.5 Å². The predicted molar refractivity (Wildman–Crippen MR) is 157 cm³/mol. The molecular formula is C33H44N2O5. The Hall–Kier alpha value is -2.84. The highest BCUT2D eigenvalue weighted by Crippen LogP contribution is 2.34. The lowest BCUT2D eigenvalue weighted by atomic mass is 9.95. The van der Waals surface area contributed by atoms with Gasteiger partial charge in [0, 0.05) is 38.4 Å². The van der Waals surface area contributed by atoms with Gasteiger partial charge in [0.2, 0.25) is 0 Å². The second-order valence-electron chi connectivity index (χ2n) is 11.0. The molecule has 0 radical (unpaired) electrons. The van der Waals surface area contributed by atoms with Gasteiger partial charge in [-0.05, 0) is 50.0 Å². The zero-order valence-corrected chi connectivity index (χ0v) is 24.0. The Morgan fingerprint density at radius 1 is 1.02 bits per heavy atom. The van der Waals surface area contributed by atoms with E-state index in [9.17, 15) is 9.59 Å². The van der Waals surface area contributed by atoms with Crippen molar-refractivity contribution < 1.29 is 23.8 Å². The average molecular weight is 549 g/mol. The summed E-state index contributed by atoms with van der Waals surface area (Å²) in [6, 6.07) is 18.7. The van der Waals surface area contributed by atoms with Gasteiger partial charge >= 0.3 is 5.97 Å². The van der Waals surface area contributed by atoms with E-state index in [1.54, 1.807) is 0 Å². The second kappa shape index (κ2) is 15.8. The molecule has 7 nitrogen and oxygen atoms in total. The Balaban J connectivity index is 1.30. The van der Waals surface area contributed by atoms with Crippen molar-refractivity contribution >= 4 is 11.8 Å². The van der Waals surface area contributed by atoms with Crippen LogP contribution in [0.1, 0.15) is 37.7 Å². The van der Waals surface area contributed by atoms with E-state index >= 15 is 0 Å². The summed E-state index contributed by atoms with van der Waals surface area (Å²) in [5.74, 6) is 0.223. The first kappa shape index (κ1) is 30.1. The van der Waals surface area contributed by atoms with Crippen LogP contribution in [-0.4, -0.2) is 87.2 Å². The molecule has 0 spiro atoms. The SMILES string of the molecule is CN(C)CCOC(=O)CCC/C=C\CC1[C@@H](OCc2ccc(-c3ccccc3)cc2)CC(=O)[C@@H]1N1CCOCC1. The number of likely N-dealkylation sites (N-methyl/N-ethyl adjacent to an activating group) is 1. The van der Waals surface area contributed by atoms with Crippen molar-refractivity contribution in [2.75, 3.05) is 53.6 Å². The third kappa shape index (κ3) is 9.10. The number of allylic oxidation sites excluding steroid dienone is 2. The third-order valence-electron chi connectivity index (χ3n) is 7.71. The summed E-state index contributed by atoms with van der Waals surface area (Å²) in [6.45, 7) is 4.53. The molecule has 2 aromatic rings. The number of morpholine rings is 1. The van der Waals surface area contributed by atoms with Gasteiger partial charge in [-0.3, -0.25) is 14.5 Å². The fraction of sp³-hybridized carbons (Fsp3) is 0.515. The summed E-state index contributed by atoms with van der Waals surface area (Å²) in [5.41, 5.74) is 3.48. The summed E-state index contributed by atoms with van der Waals surface area (Å²) in [4.78, 5) is 29.4. The first-order valence-corrected chi connectivity index (χ1v) is 14.6. The van der Waals surface area contributed by atoms with Gasteiger partial charge in [-0.1, -0.05) is 66.7 Å². The monoisotopic (exact) mass is 548 g/mol. The summed E-state index contributed by atoms with van der Waals surface area (Å²) >= 11 is 0. The first-order valence-electron chi connectivity index (χ1n) is 14.6. The third-order valence-corrected chi connectivity index (χ3v) is 7.71. The molecule has 1 saturated carbocycles. The van der Waals surface area contributed by atoms with Gasteiger partial charge in [0.05, 0.1) is 32.0 Å². The summed E-state index contributed by atoms with van der Waals surface area (Å²) < 4.78 is 17.2. The van der Waals surface area contributed by atoms with E-state index in [4.69, 9.17) is 14.2 Å². The number of hydrogen-bond acceptors (Lipinski definition) is 7. The van der Waals surface area contributed by atoms with Crippen LogP contribution in [0.25, 0.3) is 11.1 Å². The molecule has 7 heteroatoms. The number of rotatable bonds is 14. The predicted octanol–water partition coefficient (Wildman–Crippen LogP) is 4.75. The van der Waals surface area contributed by atoms with Gasteiger partial charge < -0.3 is 19.1 Å². The number of ether oxygens (including phenoxy) is 3. The number of unbranched alkanes of at least 4 members (excludes halogenated alkanes) is 1. The summed E-state index contributed by atoms with van der Waals surface area (Å²) in [6.07, 6.45) is 7.39. The van der Waals surface area contributed by atoms with Crippen LogP contribution in [0.5, 0.6) is 0 Å². The molecule has 216 valence electrons. The molecule has 2 aliphatic rings. The van der Waals surface area contributed by atoms with Crippen molar-refractivity contribution in [1.82, 2.24) is 9.80 Å². The lowest BCUT2D eigenvalue weighted by Crippen LogP contribution is -2.49. The van der Waals surface area contributed by atoms with E-state index < -0.39 is 0 Å². The van der Waals surface area contributed by atoms with Gasteiger partial charge in [0.25, 0.3) is 0 Å². The number of carbonyl (C=O) groups is 2. The number of Topliss-reactive ketones (excluding diaryl/α,β-unsaturated/α-hetero) is 1. The maximum absolute atomic E-state index is 13.2. The number of ketones is 1. The molecule has 2 aromatic carbocycles. The van der Waals surface area contributed by atoms with Crippen molar-refractivity contribution in [2.24, 2.45) is 5.92 Å². The Morgan fingerprint density at radius 3 is 2.48 bits per heavy atom. The van der Waals surface area contributed by atoms with Gasteiger partial charge in [-0.15, -0.1) is 0 Å². The lowest BCUT2D eigenvalue weighted by Gasteiger charge is -2.35. The molecule has 0 bridgehead atoms. The molecule has 4 rings (SSSR count). The van der Waals surface area contributed by atoms with E-state index in [0.717, 1.165) is 44.5 Å². The molecule has 1 unspecified atom stereocenters. The Labute approximate surface area is 239 Å². The number of esters is 1. The molecule has 1 heterocycles. The lowest BCUT2D eigenvalue weighted by molar-refractivity contribution is -0.144. The molecule has 1 saturated heterocycles. The molecule has 0 N–H and O–H groups in total. The molecule has 0 amide bonds. The quantitative estimate of drug-likeness (QED) is 0.192. The van der Waals surface area contributed by atoms with E-state index in [-0.39, 0.29) is 29.8 Å².